The lowest BCUT2D eigenvalue weighted by Crippen LogP contribution is -2.27. The third-order valence-electron chi connectivity index (χ3n) is 3.48. The van der Waals surface area contributed by atoms with Crippen molar-refractivity contribution in [2.75, 3.05) is 5.32 Å². The molecule has 0 aliphatic carbocycles. The van der Waals surface area contributed by atoms with Gasteiger partial charge in [0.05, 0.1) is 0 Å². The number of primary amides is 1. The minimum atomic E-state index is -0.544. The Labute approximate surface area is 123 Å². The number of nitrogens with two attached hydrogens (primary N) is 1. The van der Waals surface area contributed by atoms with Gasteiger partial charge in [-0.25, -0.2) is 0 Å². The summed E-state index contributed by atoms with van der Waals surface area (Å²) in [6, 6.07) is 23.0. The summed E-state index contributed by atoms with van der Waals surface area (Å²) in [7, 11) is 0. The van der Waals surface area contributed by atoms with E-state index in [0.29, 0.717) is 0 Å². The van der Waals surface area contributed by atoms with E-state index in [-0.39, 0.29) is 0 Å². The van der Waals surface area contributed by atoms with Gasteiger partial charge in [-0.3, -0.25) is 4.79 Å². The van der Waals surface area contributed by atoms with E-state index >= 15 is 0 Å². The molecule has 3 heteroatoms. The van der Waals surface area contributed by atoms with Crippen molar-refractivity contribution in [1.29, 1.82) is 0 Å². The summed E-state index contributed by atoms with van der Waals surface area (Å²) in [6.07, 6.45) is 0. The zero-order valence-corrected chi connectivity index (χ0v) is 11.5. The van der Waals surface area contributed by atoms with Gasteiger partial charge in [-0.1, -0.05) is 54.6 Å². The molecule has 1 amide bonds. The van der Waals surface area contributed by atoms with Gasteiger partial charge in [-0.05, 0) is 34.5 Å². The predicted octanol–water partition coefficient (Wildman–Crippen LogP) is 3.48. The minimum absolute atomic E-state index is 0.394. The smallest absolute Gasteiger partial charge is 0.244 e. The molecular weight excluding hydrogens is 260 g/mol. The van der Waals surface area contributed by atoms with Crippen molar-refractivity contribution in [3.05, 3.63) is 78.4 Å². The second-order valence-corrected chi connectivity index (χ2v) is 4.95. The number of amides is 1. The van der Waals surface area contributed by atoms with Gasteiger partial charge in [0, 0.05) is 5.69 Å². The van der Waals surface area contributed by atoms with Crippen molar-refractivity contribution in [2.24, 2.45) is 5.73 Å². The zero-order valence-electron chi connectivity index (χ0n) is 11.5. The molecule has 0 aliphatic rings. The van der Waals surface area contributed by atoms with Crippen LogP contribution in [0.4, 0.5) is 5.69 Å². The Bertz CT molecular complexity index is 768. The summed E-state index contributed by atoms with van der Waals surface area (Å²) in [5.41, 5.74) is 7.29. The van der Waals surface area contributed by atoms with E-state index in [4.69, 9.17) is 5.73 Å². The molecule has 3 aromatic carbocycles. The third kappa shape index (κ3) is 2.87. The number of hydrogen-bond acceptors (Lipinski definition) is 2. The van der Waals surface area contributed by atoms with Crippen molar-refractivity contribution in [3.8, 4) is 0 Å². The molecule has 1 unspecified atom stereocenters. The van der Waals surface area contributed by atoms with E-state index in [1.165, 1.54) is 0 Å². The number of fused-ring (bicyclic) bond motifs is 1. The Hall–Kier alpha value is -2.81. The molecule has 1 atom stereocenters. The fourth-order valence-electron chi connectivity index (χ4n) is 2.41. The van der Waals surface area contributed by atoms with E-state index < -0.39 is 11.9 Å². The number of benzene rings is 3. The van der Waals surface area contributed by atoms with Gasteiger partial charge in [-0.15, -0.1) is 0 Å². The molecular formula is C18H16N2O. The number of rotatable bonds is 4. The Balaban J connectivity index is 1.97. The summed E-state index contributed by atoms with van der Waals surface area (Å²) in [5, 5.41) is 5.42. The monoisotopic (exact) mass is 276 g/mol. The van der Waals surface area contributed by atoms with E-state index in [0.717, 1.165) is 22.0 Å². The molecule has 3 aromatic rings. The maximum absolute atomic E-state index is 11.8. The molecule has 0 spiro atoms. The van der Waals surface area contributed by atoms with Gasteiger partial charge in [0.15, 0.2) is 0 Å². The fraction of sp³-hybridized carbons (Fsp3) is 0.0556. The zero-order chi connectivity index (χ0) is 14.7. The Morgan fingerprint density at radius 1 is 0.857 bits per heavy atom. The molecule has 0 aliphatic heterocycles. The van der Waals surface area contributed by atoms with Gasteiger partial charge in [0.25, 0.3) is 0 Å². The van der Waals surface area contributed by atoms with Crippen LogP contribution in [0.3, 0.4) is 0 Å². The third-order valence-corrected chi connectivity index (χ3v) is 3.48. The first-order chi connectivity index (χ1) is 10.2. The fourth-order valence-corrected chi connectivity index (χ4v) is 2.41. The molecule has 0 aromatic heterocycles. The van der Waals surface area contributed by atoms with Crippen molar-refractivity contribution >= 4 is 22.4 Å². The van der Waals surface area contributed by atoms with E-state index in [1.54, 1.807) is 0 Å². The number of hydrogen-bond donors (Lipinski definition) is 2. The summed E-state index contributed by atoms with van der Waals surface area (Å²) in [4.78, 5) is 11.8. The molecule has 0 fully saturated rings. The molecule has 104 valence electrons. The van der Waals surface area contributed by atoms with Gasteiger partial charge in [0.2, 0.25) is 5.91 Å². The number of carbonyl (C=O) groups excluding carboxylic acids is 1. The Kier molecular flexibility index (Phi) is 3.56. The standard InChI is InChI=1S/C18H16N2O/c19-18(21)17(20-16-8-2-1-3-9-16)15-11-10-13-6-4-5-7-14(13)12-15/h1-12,17,20H,(H2,19,21). The van der Waals surface area contributed by atoms with Crippen LogP contribution < -0.4 is 11.1 Å². The quantitative estimate of drug-likeness (QED) is 0.766. The van der Waals surface area contributed by atoms with Crippen molar-refractivity contribution < 1.29 is 4.79 Å². The first kappa shape index (κ1) is 13.2. The van der Waals surface area contributed by atoms with Gasteiger partial charge in [-0.2, -0.15) is 0 Å². The van der Waals surface area contributed by atoms with Crippen LogP contribution in [0.1, 0.15) is 11.6 Å². The highest BCUT2D eigenvalue weighted by Crippen LogP contribution is 2.23. The van der Waals surface area contributed by atoms with Crippen LogP contribution in [-0.2, 0) is 4.79 Å². The average molecular weight is 276 g/mol. The predicted molar refractivity (Wildman–Crippen MR) is 85.9 cm³/mol. The van der Waals surface area contributed by atoms with Crippen LogP contribution in [-0.4, -0.2) is 5.91 Å². The molecule has 0 bridgehead atoms. The van der Waals surface area contributed by atoms with Crippen molar-refractivity contribution in [3.63, 3.8) is 0 Å². The lowest BCUT2D eigenvalue weighted by molar-refractivity contribution is -0.118. The Morgan fingerprint density at radius 2 is 1.52 bits per heavy atom. The number of carbonyl (C=O) groups is 1. The van der Waals surface area contributed by atoms with E-state index in [2.05, 4.69) is 5.32 Å². The number of nitrogens with one attached hydrogen (secondary N) is 1. The van der Waals surface area contributed by atoms with Gasteiger partial charge in [0.1, 0.15) is 6.04 Å². The van der Waals surface area contributed by atoms with Crippen LogP contribution >= 0.6 is 0 Å². The van der Waals surface area contributed by atoms with Crippen LogP contribution in [0.15, 0.2) is 72.8 Å². The summed E-state index contributed by atoms with van der Waals surface area (Å²) < 4.78 is 0. The van der Waals surface area contributed by atoms with E-state index in [9.17, 15) is 4.79 Å². The SMILES string of the molecule is NC(=O)C(Nc1ccccc1)c1ccc2ccccc2c1. The normalized spacial score (nSPS) is 12.0. The first-order valence-corrected chi connectivity index (χ1v) is 6.83. The van der Waals surface area contributed by atoms with Gasteiger partial charge < -0.3 is 11.1 Å². The van der Waals surface area contributed by atoms with E-state index in [1.807, 2.05) is 72.8 Å². The lowest BCUT2D eigenvalue weighted by Gasteiger charge is -2.17. The highest BCUT2D eigenvalue weighted by molar-refractivity contribution is 5.88. The summed E-state index contributed by atoms with van der Waals surface area (Å²) in [5.74, 6) is -0.394. The maximum Gasteiger partial charge on any atom is 0.244 e. The molecule has 3 N–H and O–H groups in total. The number of para-hydroxylation sites is 1. The highest BCUT2D eigenvalue weighted by Gasteiger charge is 2.17. The average Bonchev–Trinajstić information content (AvgIpc) is 2.53. The summed E-state index contributed by atoms with van der Waals surface area (Å²) in [6.45, 7) is 0. The highest BCUT2D eigenvalue weighted by atomic mass is 16.1. The molecule has 0 radical (unpaired) electrons. The molecule has 0 saturated heterocycles. The number of anilines is 1. The molecule has 3 nitrogen and oxygen atoms in total. The molecule has 21 heavy (non-hydrogen) atoms. The van der Waals surface area contributed by atoms with Crippen molar-refractivity contribution in [1.82, 2.24) is 0 Å². The van der Waals surface area contributed by atoms with Crippen LogP contribution in [0.2, 0.25) is 0 Å². The molecule has 0 heterocycles. The first-order valence-electron chi connectivity index (χ1n) is 6.83. The Morgan fingerprint density at radius 3 is 2.24 bits per heavy atom. The van der Waals surface area contributed by atoms with Gasteiger partial charge >= 0.3 is 0 Å². The largest absolute Gasteiger partial charge is 0.370 e. The maximum atomic E-state index is 11.8. The van der Waals surface area contributed by atoms with Crippen LogP contribution in [0, 0.1) is 0 Å². The van der Waals surface area contributed by atoms with Crippen LogP contribution in [0.25, 0.3) is 10.8 Å². The summed E-state index contributed by atoms with van der Waals surface area (Å²) >= 11 is 0. The van der Waals surface area contributed by atoms with Crippen LogP contribution in [0.5, 0.6) is 0 Å². The molecule has 0 saturated carbocycles. The minimum Gasteiger partial charge on any atom is -0.370 e. The second-order valence-electron chi connectivity index (χ2n) is 4.95. The second kappa shape index (κ2) is 5.67. The lowest BCUT2D eigenvalue weighted by atomic mass is 10.0. The van der Waals surface area contributed by atoms with Crippen molar-refractivity contribution in [2.45, 2.75) is 6.04 Å². The topological polar surface area (TPSA) is 55.1 Å². The molecule has 3 rings (SSSR count).